The second kappa shape index (κ2) is 3.45. The van der Waals surface area contributed by atoms with Crippen molar-refractivity contribution in [2.45, 2.75) is 20.3 Å². The molecule has 0 unspecified atom stereocenters. The first-order chi connectivity index (χ1) is 6.72. The number of benzene rings is 1. The van der Waals surface area contributed by atoms with Gasteiger partial charge in [0.1, 0.15) is 5.75 Å². The smallest absolute Gasteiger partial charge is 0.122 e. The predicted octanol–water partition coefficient (Wildman–Crippen LogP) is 2.37. The number of fused-ring (bicyclic) bond motifs is 1. The molecule has 74 valence electrons. The summed E-state index contributed by atoms with van der Waals surface area (Å²) in [7, 11) is 1.72. The van der Waals surface area contributed by atoms with Crippen LogP contribution < -0.4 is 4.74 Å². The Balaban J connectivity index is 2.56. The van der Waals surface area contributed by atoms with Crippen molar-refractivity contribution in [1.82, 2.24) is 0 Å². The molecule has 0 aliphatic carbocycles. The average Bonchev–Trinajstić information content (AvgIpc) is 2.19. The number of rotatable bonds is 1. The predicted molar refractivity (Wildman–Crippen MR) is 58.5 cm³/mol. The van der Waals surface area contributed by atoms with Crippen molar-refractivity contribution in [3.63, 3.8) is 0 Å². The Morgan fingerprint density at radius 1 is 1.29 bits per heavy atom. The highest BCUT2D eigenvalue weighted by Gasteiger charge is 2.13. The largest absolute Gasteiger partial charge is 0.496 e. The molecule has 1 aromatic carbocycles. The van der Waals surface area contributed by atoms with Crippen molar-refractivity contribution >= 4 is 5.71 Å². The summed E-state index contributed by atoms with van der Waals surface area (Å²) in [5, 5.41) is 0. The van der Waals surface area contributed by atoms with E-state index in [9.17, 15) is 0 Å². The van der Waals surface area contributed by atoms with E-state index in [2.05, 4.69) is 31.0 Å². The number of ether oxygens (including phenoxy) is 1. The molecule has 2 nitrogen and oxygen atoms in total. The fourth-order valence-corrected chi connectivity index (χ4v) is 1.92. The van der Waals surface area contributed by atoms with Crippen molar-refractivity contribution in [3.05, 3.63) is 28.8 Å². The monoisotopic (exact) mass is 189 g/mol. The van der Waals surface area contributed by atoms with Crippen LogP contribution in [0.1, 0.15) is 23.6 Å². The Labute approximate surface area is 84.6 Å². The molecule has 0 bridgehead atoms. The van der Waals surface area contributed by atoms with Gasteiger partial charge in [0.15, 0.2) is 0 Å². The first-order valence-corrected chi connectivity index (χ1v) is 4.91. The number of hydrogen-bond acceptors (Lipinski definition) is 2. The van der Waals surface area contributed by atoms with Crippen LogP contribution in [0.2, 0.25) is 0 Å². The minimum Gasteiger partial charge on any atom is -0.496 e. The highest BCUT2D eigenvalue weighted by molar-refractivity contribution is 6.01. The summed E-state index contributed by atoms with van der Waals surface area (Å²) in [5.74, 6) is 0.985. The number of hydrogen-bond donors (Lipinski definition) is 0. The van der Waals surface area contributed by atoms with E-state index in [0.717, 1.165) is 24.4 Å². The van der Waals surface area contributed by atoms with E-state index < -0.39 is 0 Å². The van der Waals surface area contributed by atoms with Crippen LogP contribution in [0.4, 0.5) is 0 Å². The van der Waals surface area contributed by atoms with Gasteiger partial charge < -0.3 is 4.74 Å². The Hall–Kier alpha value is -1.31. The third kappa shape index (κ3) is 1.41. The molecule has 0 aromatic heterocycles. The van der Waals surface area contributed by atoms with E-state index in [-0.39, 0.29) is 0 Å². The Morgan fingerprint density at radius 2 is 2.07 bits per heavy atom. The van der Waals surface area contributed by atoms with Crippen molar-refractivity contribution in [3.8, 4) is 5.75 Å². The zero-order valence-corrected chi connectivity index (χ0v) is 8.92. The van der Waals surface area contributed by atoms with Gasteiger partial charge in [-0.1, -0.05) is 0 Å². The molecule has 2 heteroatoms. The summed E-state index contributed by atoms with van der Waals surface area (Å²) in [5.41, 5.74) is 4.98. The van der Waals surface area contributed by atoms with Gasteiger partial charge in [0.25, 0.3) is 0 Å². The van der Waals surface area contributed by atoms with Gasteiger partial charge in [0, 0.05) is 12.3 Å². The summed E-state index contributed by atoms with van der Waals surface area (Å²) in [6.07, 6.45) is 1.03. The number of nitrogens with zero attached hydrogens (tertiary/aromatic N) is 1. The molecule has 1 heterocycles. The third-order valence-corrected chi connectivity index (χ3v) is 2.74. The lowest BCUT2D eigenvalue weighted by Crippen LogP contribution is -2.10. The van der Waals surface area contributed by atoms with Crippen LogP contribution in [0, 0.1) is 6.92 Å². The fraction of sp³-hybridized carbons (Fsp3) is 0.417. The summed E-state index contributed by atoms with van der Waals surface area (Å²) in [6, 6.07) is 4.31. The highest BCUT2D eigenvalue weighted by Crippen LogP contribution is 2.25. The van der Waals surface area contributed by atoms with E-state index >= 15 is 0 Å². The van der Waals surface area contributed by atoms with Crippen LogP contribution in [0.5, 0.6) is 5.75 Å². The molecule has 0 amide bonds. The molecule has 1 aliphatic heterocycles. The van der Waals surface area contributed by atoms with Crippen molar-refractivity contribution in [2.24, 2.45) is 4.99 Å². The number of aliphatic imine (C=N–C) groups is 1. The average molecular weight is 189 g/mol. The summed E-state index contributed by atoms with van der Waals surface area (Å²) in [6.45, 7) is 5.05. The highest BCUT2D eigenvalue weighted by atomic mass is 16.5. The maximum Gasteiger partial charge on any atom is 0.122 e. The first-order valence-electron chi connectivity index (χ1n) is 4.91. The van der Waals surface area contributed by atoms with E-state index in [0.29, 0.717) is 0 Å². The molecule has 0 saturated heterocycles. The minimum atomic E-state index is 0.908. The lowest BCUT2D eigenvalue weighted by Gasteiger charge is -2.17. The lowest BCUT2D eigenvalue weighted by molar-refractivity contribution is 0.411. The van der Waals surface area contributed by atoms with E-state index in [1.54, 1.807) is 7.11 Å². The van der Waals surface area contributed by atoms with Gasteiger partial charge >= 0.3 is 0 Å². The molecular formula is C12H15NO. The minimum absolute atomic E-state index is 0.908. The Bertz CT molecular complexity index is 394. The quantitative estimate of drug-likeness (QED) is 0.664. The SMILES string of the molecule is COc1cc2c(cc1C)C(C)=NCC2. The Morgan fingerprint density at radius 3 is 2.79 bits per heavy atom. The molecule has 2 rings (SSSR count). The van der Waals surface area contributed by atoms with Gasteiger partial charge in [-0.15, -0.1) is 0 Å². The number of aryl methyl sites for hydroxylation is 1. The zero-order chi connectivity index (χ0) is 10.1. The standard InChI is InChI=1S/C12H15NO/c1-8-6-11-9(2)13-5-4-10(11)7-12(8)14-3/h6-7H,4-5H2,1-3H3. The van der Waals surface area contributed by atoms with Crippen molar-refractivity contribution in [2.75, 3.05) is 13.7 Å². The third-order valence-electron chi connectivity index (χ3n) is 2.74. The van der Waals surface area contributed by atoms with Gasteiger partial charge in [-0.05, 0) is 49.1 Å². The van der Waals surface area contributed by atoms with Gasteiger partial charge in [-0.3, -0.25) is 4.99 Å². The van der Waals surface area contributed by atoms with Gasteiger partial charge in [0.05, 0.1) is 7.11 Å². The summed E-state index contributed by atoms with van der Waals surface area (Å²) in [4.78, 5) is 4.44. The van der Waals surface area contributed by atoms with Crippen LogP contribution in [0.15, 0.2) is 17.1 Å². The van der Waals surface area contributed by atoms with Gasteiger partial charge in [-0.2, -0.15) is 0 Å². The molecule has 0 saturated carbocycles. The van der Waals surface area contributed by atoms with Crippen LogP contribution in [0.25, 0.3) is 0 Å². The molecule has 0 atom stereocenters. The molecule has 0 N–H and O–H groups in total. The van der Waals surface area contributed by atoms with Crippen LogP contribution >= 0.6 is 0 Å². The van der Waals surface area contributed by atoms with Gasteiger partial charge in [0.2, 0.25) is 0 Å². The second-order valence-corrected chi connectivity index (χ2v) is 3.70. The molecular weight excluding hydrogens is 174 g/mol. The van der Waals surface area contributed by atoms with Gasteiger partial charge in [-0.25, -0.2) is 0 Å². The van der Waals surface area contributed by atoms with Crippen molar-refractivity contribution in [1.29, 1.82) is 0 Å². The fourth-order valence-electron chi connectivity index (χ4n) is 1.92. The molecule has 1 aromatic rings. The molecule has 1 aliphatic rings. The van der Waals surface area contributed by atoms with Crippen LogP contribution in [-0.4, -0.2) is 19.4 Å². The molecule has 0 spiro atoms. The van der Waals surface area contributed by atoms with E-state index in [4.69, 9.17) is 4.74 Å². The first kappa shape index (κ1) is 9.25. The van der Waals surface area contributed by atoms with E-state index in [1.165, 1.54) is 16.7 Å². The van der Waals surface area contributed by atoms with Crippen LogP contribution in [0.3, 0.4) is 0 Å². The maximum absolute atomic E-state index is 5.31. The topological polar surface area (TPSA) is 21.6 Å². The zero-order valence-electron chi connectivity index (χ0n) is 8.92. The van der Waals surface area contributed by atoms with E-state index in [1.807, 2.05) is 0 Å². The normalized spacial score (nSPS) is 14.6. The van der Waals surface area contributed by atoms with Crippen molar-refractivity contribution < 1.29 is 4.74 Å². The summed E-state index contributed by atoms with van der Waals surface area (Å²) < 4.78 is 5.31. The molecule has 0 fully saturated rings. The maximum atomic E-state index is 5.31. The second-order valence-electron chi connectivity index (χ2n) is 3.70. The lowest BCUT2D eigenvalue weighted by atomic mass is 9.96. The number of methoxy groups -OCH3 is 1. The summed E-state index contributed by atoms with van der Waals surface area (Å²) >= 11 is 0. The van der Waals surface area contributed by atoms with Crippen LogP contribution in [-0.2, 0) is 6.42 Å². The Kier molecular flexibility index (Phi) is 2.28. The molecule has 14 heavy (non-hydrogen) atoms. The molecule has 0 radical (unpaired) electrons.